The number of anilines is 2. The van der Waals surface area contributed by atoms with Gasteiger partial charge in [-0.3, -0.25) is 14.2 Å². The molecular weight excluding hydrogens is 434 g/mol. The first-order chi connectivity index (χ1) is 16.1. The van der Waals surface area contributed by atoms with Crippen LogP contribution in [0.2, 0.25) is 0 Å². The Bertz CT molecular complexity index is 1160. The van der Waals surface area contributed by atoms with Crippen LogP contribution >= 0.6 is 0 Å². The van der Waals surface area contributed by atoms with Gasteiger partial charge in [-0.1, -0.05) is 46.2 Å². The third kappa shape index (κ3) is 6.43. The van der Waals surface area contributed by atoms with Crippen molar-refractivity contribution in [1.29, 1.82) is 0 Å². The van der Waals surface area contributed by atoms with Gasteiger partial charge >= 0.3 is 0 Å². The van der Waals surface area contributed by atoms with Gasteiger partial charge in [-0.15, -0.1) is 0 Å². The van der Waals surface area contributed by atoms with Crippen molar-refractivity contribution in [2.24, 2.45) is 5.41 Å². The number of aromatic hydroxyl groups is 1. The largest absolute Gasteiger partial charge is 0.480 e. The smallest absolute Gasteiger partial charge is 0.296 e. The van der Waals surface area contributed by atoms with Crippen molar-refractivity contribution in [2.75, 3.05) is 24.1 Å². The highest BCUT2D eigenvalue weighted by Gasteiger charge is 2.18. The van der Waals surface area contributed by atoms with E-state index in [4.69, 9.17) is 5.73 Å². The molecule has 0 atom stereocenters. The highest BCUT2D eigenvalue weighted by Crippen LogP contribution is 2.25. The lowest BCUT2D eigenvalue weighted by Crippen LogP contribution is -2.31. The number of hydrogen-bond donors (Lipinski definition) is 4. The van der Waals surface area contributed by atoms with E-state index in [0.29, 0.717) is 35.6 Å². The first-order valence-electron chi connectivity index (χ1n) is 11.4. The Hall–Kier alpha value is -3.69. The van der Waals surface area contributed by atoms with Gasteiger partial charge in [-0.25, -0.2) is 0 Å². The zero-order valence-electron chi connectivity index (χ0n) is 20.2. The van der Waals surface area contributed by atoms with Gasteiger partial charge in [0.25, 0.3) is 11.9 Å². The van der Waals surface area contributed by atoms with Gasteiger partial charge in [-0.05, 0) is 29.5 Å². The number of benzene rings is 1. The summed E-state index contributed by atoms with van der Waals surface area (Å²) < 4.78 is 1.54. The van der Waals surface area contributed by atoms with E-state index >= 15 is 0 Å². The van der Waals surface area contributed by atoms with E-state index in [-0.39, 0.29) is 42.0 Å². The van der Waals surface area contributed by atoms with Crippen LogP contribution < -0.4 is 16.4 Å². The van der Waals surface area contributed by atoms with Crippen LogP contribution in [0.15, 0.2) is 24.3 Å². The molecule has 0 bridgehead atoms. The fraction of sp³-hybridized carbons (Fsp3) is 0.458. The molecular formula is C24H33N7O3. The zero-order chi connectivity index (χ0) is 24.9. The highest BCUT2D eigenvalue weighted by atomic mass is 16.3. The number of nitrogen functional groups attached to an aromatic ring is 1. The normalized spacial score (nSPS) is 11.5. The second kappa shape index (κ2) is 10.5. The lowest BCUT2D eigenvalue weighted by molar-refractivity contribution is -0.119. The number of amides is 1. The molecule has 0 radical (unpaired) electrons. The van der Waals surface area contributed by atoms with Crippen LogP contribution in [0.4, 0.5) is 11.8 Å². The number of nitrogens with zero attached hydrogens (tertiary/aromatic N) is 4. The summed E-state index contributed by atoms with van der Waals surface area (Å²) in [5.41, 5.74) is 7.93. The minimum Gasteiger partial charge on any atom is -0.480 e. The van der Waals surface area contributed by atoms with Crippen LogP contribution in [0.25, 0.3) is 11.2 Å². The van der Waals surface area contributed by atoms with Crippen molar-refractivity contribution >= 4 is 34.6 Å². The monoisotopic (exact) mass is 467 g/mol. The summed E-state index contributed by atoms with van der Waals surface area (Å²) in [7, 11) is 0. The molecule has 10 nitrogen and oxygen atoms in total. The van der Waals surface area contributed by atoms with Crippen LogP contribution in [0.5, 0.6) is 6.01 Å². The molecule has 0 saturated carbocycles. The molecule has 3 rings (SSSR count). The van der Waals surface area contributed by atoms with Gasteiger partial charge in [0.15, 0.2) is 22.8 Å². The second-order valence-corrected chi connectivity index (χ2v) is 9.54. The molecule has 1 aromatic carbocycles. The topological polar surface area (TPSA) is 148 Å². The number of ketones is 1. The van der Waals surface area contributed by atoms with Crippen molar-refractivity contribution in [3.05, 3.63) is 35.4 Å². The van der Waals surface area contributed by atoms with Crippen LogP contribution in [0.1, 0.15) is 62.9 Å². The molecule has 0 aliphatic carbocycles. The standard InChI is InChI=1S/C24H33N7O3/c1-5-6-11-26-22-29-19(25)18-20(30-22)31(23(34)28-18)14-15-7-9-16(10-8-15)21(33)27-13-17(32)12-24(2,3)4/h7-10H,5-6,11-14H2,1-4H3,(H,27,33)(H,28,34)(H3,25,26,29,30). The van der Waals surface area contributed by atoms with E-state index in [1.807, 2.05) is 20.8 Å². The minimum atomic E-state index is -0.312. The van der Waals surface area contributed by atoms with E-state index in [1.165, 1.54) is 0 Å². The first kappa shape index (κ1) is 24.9. The second-order valence-electron chi connectivity index (χ2n) is 9.54. The number of fused-ring (bicyclic) bond motifs is 1. The number of aromatic nitrogens is 4. The molecule has 3 aromatic rings. The van der Waals surface area contributed by atoms with E-state index < -0.39 is 0 Å². The summed E-state index contributed by atoms with van der Waals surface area (Å²) in [6.45, 7) is 9.04. The summed E-state index contributed by atoms with van der Waals surface area (Å²) in [5, 5.41) is 16.2. The van der Waals surface area contributed by atoms with Crippen molar-refractivity contribution in [3.8, 4) is 6.01 Å². The molecule has 0 aliphatic rings. The number of carbonyl (C=O) groups excluding carboxylic acids is 2. The van der Waals surface area contributed by atoms with Crippen molar-refractivity contribution in [1.82, 2.24) is 24.8 Å². The van der Waals surface area contributed by atoms with E-state index in [2.05, 4.69) is 32.5 Å². The molecule has 2 heterocycles. The number of unbranched alkanes of at least 4 members (excludes halogenated alkanes) is 1. The maximum Gasteiger partial charge on any atom is 0.296 e. The molecule has 0 fully saturated rings. The Balaban J connectivity index is 1.71. The fourth-order valence-electron chi connectivity index (χ4n) is 3.49. The molecule has 0 saturated heterocycles. The summed E-state index contributed by atoms with van der Waals surface area (Å²) in [6, 6.07) is 6.69. The van der Waals surface area contributed by atoms with E-state index in [1.54, 1.807) is 28.8 Å². The van der Waals surface area contributed by atoms with Crippen molar-refractivity contribution in [3.63, 3.8) is 0 Å². The summed E-state index contributed by atoms with van der Waals surface area (Å²) in [5.74, 6) is 0.247. The maximum absolute atomic E-state index is 12.4. The number of carbonyl (C=O) groups is 2. The van der Waals surface area contributed by atoms with Gasteiger partial charge in [-0.2, -0.15) is 15.0 Å². The van der Waals surface area contributed by atoms with Gasteiger partial charge in [0.1, 0.15) is 0 Å². The number of Topliss-reactive ketones (excluding diaryl/α,β-unsaturated/α-hetero) is 1. The summed E-state index contributed by atoms with van der Waals surface area (Å²) in [6.07, 6.45) is 2.40. The molecule has 2 aromatic heterocycles. The zero-order valence-corrected chi connectivity index (χ0v) is 20.2. The summed E-state index contributed by atoms with van der Waals surface area (Å²) in [4.78, 5) is 37.2. The Morgan fingerprint density at radius 3 is 2.47 bits per heavy atom. The first-order valence-corrected chi connectivity index (χ1v) is 11.4. The van der Waals surface area contributed by atoms with Gasteiger partial charge in [0.05, 0.1) is 13.1 Å². The Morgan fingerprint density at radius 1 is 1.12 bits per heavy atom. The molecule has 0 spiro atoms. The SMILES string of the molecule is CCCCNc1nc(N)c2nc(O)n(Cc3ccc(C(=O)NCC(=O)CC(C)(C)C)cc3)c2n1. The van der Waals surface area contributed by atoms with Crippen LogP contribution in [-0.4, -0.2) is 49.4 Å². The quantitative estimate of drug-likeness (QED) is 0.332. The van der Waals surface area contributed by atoms with Crippen LogP contribution in [-0.2, 0) is 11.3 Å². The lowest BCUT2D eigenvalue weighted by Gasteiger charge is -2.16. The molecule has 1 amide bonds. The van der Waals surface area contributed by atoms with Crippen molar-refractivity contribution in [2.45, 2.75) is 53.5 Å². The average Bonchev–Trinajstić information content (AvgIpc) is 3.07. The van der Waals surface area contributed by atoms with Gasteiger partial charge < -0.3 is 21.5 Å². The Labute approximate surface area is 199 Å². The number of nitrogens with one attached hydrogen (secondary N) is 2. The van der Waals surface area contributed by atoms with E-state index in [0.717, 1.165) is 18.4 Å². The molecule has 5 N–H and O–H groups in total. The number of imidazole rings is 1. The lowest BCUT2D eigenvalue weighted by atomic mass is 9.90. The van der Waals surface area contributed by atoms with E-state index in [9.17, 15) is 14.7 Å². The number of nitrogens with two attached hydrogens (primary N) is 1. The Morgan fingerprint density at radius 2 is 1.82 bits per heavy atom. The third-order valence-corrected chi connectivity index (χ3v) is 5.15. The predicted octanol–water partition coefficient (Wildman–Crippen LogP) is 3.11. The van der Waals surface area contributed by atoms with Crippen molar-refractivity contribution < 1.29 is 14.7 Å². The number of rotatable bonds is 10. The molecule has 34 heavy (non-hydrogen) atoms. The Kier molecular flexibility index (Phi) is 7.70. The average molecular weight is 468 g/mol. The van der Waals surface area contributed by atoms with Crippen LogP contribution in [0.3, 0.4) is 0 Å². The van der Waals surface area contributed by atoms with Gasteiger partial charge in [0, 0.05) is 18.5 Å². The highest BCUT2D eigenvalue weighted by molar-refractivity contribution is 5.96. The van der Waals surface area contributed by atoms with Gasteiger partial charge in [0.2, 0.25) is 5.95 Å². The molecule has 10 heteroatoms. The van der Waals surface area contributed by atoms with Crippen LogP contribution in [0, 0.1) is 5.41 Å². The maximum atomic E-state index is 12.4. The number of hydrogen-bond acceptors (Lipinski definition) is 8. The molecule has 0 unspecified atom stereocenters. The third-order valence-electron chi connectivity index (χ3n) is 5.15. The summed E-state index contributed by atoms with van der Waals surface area (Å²) >= 11 is 0. The fourth-order valence-corrected chi connectivity index (χ4v) is 3.49. The molecule has 182 valence electrons. The molecule has 0 aliphatic heterocycles. The predicted molar refractivity (Wildman–Crippen MR) is 132 cm³/mol. The minimum absolute atomic E-state index is 0.00249.